The Bertz CT molecular complexity index is 419. The molecule has 1 aromatic rings. The largest absolute Gasteiger partial charge is 0.376 e. The third kappa shape index (κ3) is 2.13. The van der Waals surface area contributed by atoms with Crippen molar-refractivity contribution in [2.45, 2.75) is 37.3 Å². The fourth-order valence-electron chi connectivity index (χ4n) is 2.85. The molecule has 0 heterocycles. The molecule has 1 aromatic carbocycles. The van der Waals surface area contributed by atoms with E-state index in [9.17, 15) is 8.78 Å². The number of benzene rings is 1. The molecule has 3 N–H and O–H groups in total. The number of ether oxygens (including phenoxy) is 1. The molecule has 1 atom stereocenters. The summed E-state index contributed by atoms with van der Waals surface area (Å²) in [4.78, 5) is 0. The minimum Gasteiger partial charge on any atom is -0.376 e. The van der Waals surface area contributed by atoms with E-state index in [0.29, 0.717) is 0 Å². The molecule has 2 rings (SSSR count). The Morgan fingerprint density at radius 2 is 2.00 bits per heavy atom. The molecule has 0 bridgehead atoms. The highest BCUT2D eigenvalue weighted by atomic mass is 19.2. The summed E-state index contributed by atoms with van der Waals surface area (Å²) in [5, 5.41) is 0. The summed E-state index contributed by atoms with van der Waals surface area (Å²) < 4.78 is 32.7. The number of halogens is 2. The van der Waals surface area contributed by atoms with Crippen molar-refractivity contribution in [2.75, 3.05) is 7.11 Å². The van der Waals surface area contributed by atoms with Gasteiger partial charge in [-0.3, -0.25) is 5.84 Å². The minimum absolute atomic E-state index is 0.223. The molecule has 1 aliphatic rings. The molecule has 1 fully saturated rings. The molecule has 0 radical (unpaired) electrons. The average Bonchev–Trinajstić information content (AvgIpc) is 2.85. The van der Waals surface area contributed by atoms with Crippen LogP contribution in [0.15, 0.2) is 18.2 Å². The molecule has 0 aromatic heterocycles. The van der Waals surface area contributed by atoms with Crippen LogP contribution in [0.3, 0.4) is 0 Å². The standard InChI is InChI=1S/C13H18F2N2O/c1-18-13(7-2-3-8-13)12(17-16)9-5-4-6-10(14)11(9)15/h4-6,12,17H,2-3,7-8,16H2,1H3. The Morgan fingerprint density at radius 3 is 2.56 bits per heavy atom. The van der Waals surface area contributed by atoms with E-state index in [0.717, 1.165) is 31.7 Å². The van der Waals surface area contributed by atoms with Crippen molar-refractivity contribution in [3.8, 4) is 0 Å². The van der Waals surface area contributed by atoms with Crippen LogP contribution < -0.4 is 11.3 Å². The number of hydrogen-bond donors (Lipinski definition) is 2. The second kappa shape index (κ2) is 5.30. The van der Waals surface area contributed by atoms with Crippen LogP contribution in [-0.4, -0.2) is 12.7 Å². The van der Waals surface area contributed by atoms with E-state index in [4.69, 9.17) is 10.6 Å². The lowest BCUT2D eigenvalue weighted by atomic mass is 9.87. The summed E-state index contributed by atoms with van der Waals surface area (Å²) in [6.45, 7) is 0. The van der Waals surface area contributed by atoms with Gasteiger partial charge >= 0.3 is 0 Å². The molecular formula is C13H18F2N2O. The van der Waals surface area contributed by atoms with Crippen LogP contribution in [0.25, 0.3) is 0 Å². The maximum atomic E-state index is 13.9. The highest BCUT2D eigenvalue weighted by molar-refractivity contribution is 5.26. The first-order valence-electron chi connectivity index (χ1n) is 6.10. The molecule has 0 aliphatic heterocycles. The molecule has 1 unspecified atom stereocenters. The third-order valence-electron chi connectivity index (χ3n) is 3.84. The second-order valence-corrected chi connectivity index (χ2v) is 4.72. The maximum absolute atomic E-state index is 13.9. The van der Waals surface area contributed by atoms with Gasteiger partial charge in [-0.2, -0.15) is 0 Å². The van der Waals surface area contributed by atoms with E-state index in [1.54, 1.807) is 13.2 Å². The van der Waals surface area contributed by atoms with Gasteiger partial charge in [0.05, 0.1) is 11.6 Å². The van der Waals surface area contributed by atoms with Crippen LogP contribution in [-0.2, 0) is 4.74 Å². The van der Waals surface area contributed by atoms with Gasteiger partial charge < -0.3 is 4.74 Å². The van der Waals surface area contributed by atoms with Crippen molar-refractivity contribution < 1.29 is 13.5 Å². The predicted molar refractivity (Wildman–Crippen MR) is 64.6 cm³/mol. The van der Waals surface area contributed by atoms with E-state index >= 15 is 0 Å². The number of hydrazine groups is 1. The van der Waals surface area contributed by atoms with E-state index in [2.05, 4.69) is 5.43 Å². The number of nitrogens with one attached hydrogen (secondary N) is 1. The van der Waals surface area contributed by atoms with Gasteiger partial charge in [0.15, 0.2) is 11.6 Å². The Kier molecular flexibility index (Phi) is 3.94. The summed E-state index contributed by atoms with van der Waals surface area (Å²) >= 11 is 0. The zero-order chi connectivity index (χ0) is 13.2. The van der Waals surface area contributed by atoms with Crippen LogP contribution in [0, 0.1) is 11.6 Å². The Balaban J connectivity index is 2.41. The quantitative estimate of drug-likeness (QED) is 0.642. The van der Waals surface area contributed by atoms with Crippen LogP contribution >= 0.6 is 0 Å². The molecule has 0 amide bonds. The minimum atomic E-state index is -0.864. The lowest BCUT2D eigenvalue weighted by Gasteiger charge is -2.36. The molecule has 5 heteroatoms. The lowest BCUT2D eigenvalue weighted by Crippen LogP contribution is -2.46. The van der Waals surface area contributed by atoms with Crippen molar-refractivity contribution in [1.29, 1.82) is 0 Å². The first-order chi connectivity index (χ1) is 8.64. The zero-order valence-corrected chi connectivity index (χ0v) is 10.4. The van der Waals surface area contributed by atoms with E-state index in [1.165, 1.54) is 6.07 Å². The van der Waals surface area contributed by atoms with Crippen molar-refractivity contribution in [3.63, 3.8) is 0 Å². The summed E-state index contributed by atoms with van der Waals surface area (Å²) in [5.41, 5.74) is 2.26. The summed E-state index contributed by atoms with van der Waals surface area (Å²) in [5.74, 6) is 3.82. The fourth-order valence-corrected chi connectivity index (χ4v) is 2.85. The van der Waals surface area contributed by atoms with Crippen LogP contribution in [0.2, 0.25) is 0 Å². The van der Waals surface area contributed by atoms with Gasteiger partial charge in [0, 0.05) is 12.7 Å². The third-order valence-corrected chi connectivity index (χ3v) is 3.84. The maximum Gasteiger partial charge on any atom is 0.163 e. The SMILES string of the molecule is COC1(C(NN)c2cccc(F)c2F)CCCC1. The summed E-state index contributed by atoms with van der Waals surface area (Å²) in [6, 6.07) is 3.58. The van der Waals surface area contributed by atoms with Crippen LogP contribution in [0.5, 0.6) is 0 Å². The number of hydrogen-bond acceptors (Lipinski definition) is 3. The van der Waals surface area contributed by atoms with Crippen LogP contribution in [0.4, 0.5) is 8.78 Å². The average molecular weight is 256 g/mol. The molecule has 100 valence electrons. The molecule has 1 saturated carbocycles. The van der Waals surface area contributed by atoms with Gasteiger partial charge in [-0.25, -0.2) is 14.2 Å². The molecule has 0 spiro atoms. The van der Waals surface area contributed by atoms with Crippen molar-refractivity contribution >= 4 is 0 Å². The highest BCUT2D eigenvalue weighted by Crippen LogP contribution is 2.42. The van der Waals surface area contributed by atoms with Crippen molar-refractivity contribution in [2.24, 2.45) is 5.84 Å². The topological polar surface area (TPSA) is 47.3 Å². The Hall–Kier alpha value is -1.04. The molecule has 18 heavy (non-hydrogen) atoms. The molecular weight excluding hydrogens is 238 g/mol. The lowest BCUT2D eigenvalue weighted by molar-refractivity contribution is -0.0378. The molecule has 3 nitrogen and oxygen atoms in total. The number of methoxy groups -OCH3 is 1. The Labute approximate surface area is 105 Å². The number of nitrogens with two attached hydrogens (primary N) is 1. The number of rotatable bonds is 4. The second-order valence-electron chi connectivity index (χ2n) is 4.72. The monoisotopic (exact) mass is 256 g/mol. The van der Waals surface area contributed by atoms with Crippen LogP contribution in [0.1, 0.15) is 37.3 Å². The normalized spacial score (nSPS) is 20.0. The molecule has 1 aliphatic carbocycles. The first kappa shape index (κ1) is 13.4. The summed E-state index contributed by atoms with van der Waals surface area (Å²) in [6.07, 6.45) is 3.58. The Morgan fingerprint density at radius 1 is 1.33 bits per heavy atom. The fraction of sp³-hybridized carbons (Fsp3) is 0.538. The van der Waals surface area contributed by atoms with E-state index in [1.807, 2.05) is 0 Å². The van der Waals surface area contributed by atoms with E-state index < -0.39 is 23.3 Å². The van der Waals surface area contributed by atoms with E-state index in [-0.39, 0.29) is 5.56 Å². The zero-order valence-electron chi connectivity index (χ0n) is 10.4. The molecule has 0 saturated heterocycles. The van der Waals surface area contributed by atoms with Gasteiger partial charge in [-0.15, -0.1) is 0 Å². The van der Waals surface area contributed by atoms with Gasteiger partial charge in [-0.05, 0) is 18.9 Å². The van der Waals surface area contributed by atoms with Gasteiger partial charge in [0.25, 0.3) is 0 Å². The van der Waals surface area contributed by atoms with Gasteiger partial charge in [0.1, 0.15) is 0 Å². The smallest absolute Gasteiger partial charge is 0.163 e. The van der Waals surface area contributed by atoms with Crippen molar-refractivity contribution in [3.05, 3.63) is 35.4 Å². The van der Waals surface area contributed by atoms with Gasteiger partial charge in [0.2, 0.25) is 0 Å². The first-order valence-corrected chi connectivity index (χ1v) is 6.10. The summed E-state index contributed by atoms with van der Waals surface area (Å²) in [7, 11) is 1.59. The van der Waals surface area contributed by atoms with Crippen molar-refractivity contribution in [1.82, 2.24) is 5.43 Å². The predicted octanol–water partition coefficient (Wildman–Crippen LogP) is 2.43. The van der Waals surface area contributed by atoms with Gasteiger partial charge in [-0.1, -0.05) is 25.0 Å². The highest BCUT2D eigenvalue weighted by Gasteiger charge is 2.43.